The van der Waals surface area contributed by atoms with Crippen LogP contribution in [0.2, 0.25) is 0 Å². The molecule has 1 heterocycles. The van der Waals surface area contributed by atoms with Crippen LogP contribution in [0.1, 0.15) is 49.7 Å². The van der Waals surface area contributed by atoms with Gasteiger partial charge >= 0.3 is 0 Å². The van der Waals surface area contributed by atoms with Crippen molar-refractivity contribution in [3.63, 3.8) is 0 Å². The Kier molecular flexibility index (Phi) is 11.7. The molecular formula is C40H53N5O3. The number of rotatable bonds is 13. The first-order valence-corrected chi connectivity index (χ1v) is 17.5. The zero-order valence-electron chi connectivity index (χ0n) is 29.2. The Morgan fingerprint density at radius 3 is 2.23 bits per heavy atom. The smallest absolute Gasteiger partial charge is 0.246 e. The fraction of sp³-hybridized carbons (Fsp3) is 0.475. The lowest BCUT2D eigenvalue weighted by Crippen LogP contribution is -2.57. The summed E-state index contributed by atoms with van der Waals surface area (Å²) < 4.78 is 0. The van der Waals surface area contributed by atoms with Crippen LogP contribution in [0.25, 0.3) is 10.8 Å². The Morgan fingerprint density at radius 2 is 1.54 bits per heavy atom. The highest BCUT2D eigenvalue weighted by Gasteiger charge is 2.38. The van der Waals surface area contributed by atoms with Gasteiger partial charge in [-0.05, 0) is 86.5 Å². The third-order valence-electron chi connectivity index (χ3n) is 10.3. The number of benzene rings is 3. The molecule has 1 saturated carbocycles. The van der Waals surface area contributed by atoms with E-state index in [1.54, 1.807) is 25.1 Å². The highest BCUT2D eigenvalue weighted by atomic mass is 16.2. The zero-order chi connectivity index (χ0) is 34.3. The summed E-state index contributed by atoms with van der Waals surface area (Å²) in [4.78, 5) is 50.0. The van der Waals surface area contributed by atoms with Crippen molar-refractivity contribution in [2.75, 3.05) is 47.8 Å². The zero-order valence-corrected chi connectivity index (χ0v) is 29.2. The summed E-state index contributed by atoms with van der Waals surface area (Å²) in [6.45, 7) is 2.28. The normalized spacial score (nSPS) is 18.8. The molecule has 5 rings (SSSR count). The average Bonchev–Trinajstić information content (AvgIpc) is 3.07. The molecule has 3 aromatic rings. The Labute approximate surface area is 286 Å². The van der Waals surface area contributed by atoms with Crippen molar-refractivity contribution in [2.24, 2.45) is 11.7 Å². The summed E-state index contributed by atoms with van der Waals surface area (Å²) in [6, 6.07) is 22.7. The largest absolute Gasteiger partial charge is 0.341 e. The van der Waals surface area contributed by atoms with E-state index in [4.69, 9.17) is 5.73 Å². The van der Waals surface area contributed by atoms with E-state index in [-0.39, 0.29) is 23.3 Å². The second-order valence-corrected chi connectivity index (χ2v) is 14.4. The molecule has 3 aromatic carbocycles. The number of carbonyl (C=O) groups excluding carboxylic acids is 3. The molecule has 8 heteroatoms. The van der Waals surface area contributed by atoms with Crippen LogP contribution in [0.4, 0.5) is 0 Å². The average molecular weight is 652 g/mol. The third-order valence-corrected chi connectivity index (χ3v) is 10.3. The minimum absolute atomic E-state index is 0.0368. The third kappa shape index (κ3) is 8.91. The maximum Gasteiger partial charge on any atom is 0.246 e. The predicted octanol–water partition coefficient (Wildman–Crippen LogP) is 4.91. The molecule has 8 nitrogen and oxygen atoms in total. The minimum atomic E-state index is -0.808. The van der Waals surface area contributed by atoms with Gasteiger partial charge in [-0.15, -0.1) is 0 Å². The van der Waals surface area contributed by atoms with Crippen molar-refractivity contribution in [3.05, 3.63) is 96.1 Å². The van der Waals surface area contributed by atoms with Crippen molar-refractivity contribution in [3.8, 4) is 0 Å². The fourth-order valence-corrected chi connectivity index (χ4v) is 7.24. The molecule has 0 radical (unpaired) electrons. The lowest BCUT2D eigenvalue weighted by Gasteiger charge is -2.39. The van der Waals surface area contributed by atoms with Gasteiger partial charge in [0.25, 0.3) is 0 Å². The van der Waals surface area contributed by atoms with Crippen LogP contribution in [0, 0.1) is 5.92 Å². The summed E-state index contributed by atoms with van der Waals surface area (Å²) in [5.41, 5.74) is 8.11. The molecule has 256 valence electrons. The van der Waals surface area contributed by atoms with E-state index in [9.17, 15) is 14.4 Å². The van der Waals surface area contributed by atoms with Crippen molar-refractivity contribution in [1.82, 2.24) is 19.6 Å². The van der Waals surface area contributed by atoms with Gasteiger partial charge in [-0.3, -0.25) is 14.4 Å². The molecule has 2 fully saturated rings. The fourth-order valence-electron chi connectivity index (χ4n) is 7.24. The Morgan fingerprint density at radius 1 is 0.854 bits per heavy atom. The van der Waals surface area contributed by atoms with E-state index in [1.807, 2.05) is 59.5 Å². The lowest BCUT2D eigenvalue weighted by molar-refractivity contribution is -0.150. The first-order chi connectivity index (χ1) is 23.0. The Hall–Kier alpha value is -4.01. The van der Waals surface area contributed by atoms with E-state index < -0.39 is 12.1 Å². The van der Waals surface area contributed by atoms with Crippen LogP contribution in [-0.2, 0) is 27.2 Å². The van der Waals surface area contributed by atoms with E-state index in [2.05, 4.69) is 43.3 Å². The molecule has 2 N–H and O–H groups in total. The van der Waals surface area contributed by atoms with Crippen molar-refractivity contribution < 1.29 is 14.4 Å². The van der Waals surface area contributed by atoms with Gasteiger partial charge in [-0.1, -0.05) is 78.9 Å². The molecule has 2 aliphatic rings. The van der Waals surface area contributed by atoms with Crippen molar-refractivity contribution in [1.29, 1.82) is 0 Å². The first-order valence-electron chi connectivity index (χ1n) is 17.5. The minimum Gasteiger partial charge on any atom is -0.341 e. The first kappa shape index (κ1) is 35.3. The number of nitrogens with two attached hydrogens (primary N) is 1. The summed E-state index contributed by atoms with van der Waals surface area (Å²) in [5.74, 6) is -0.151. The number of nitrogens with zero attached hydrogens (tertiary/aromatic N) is 4. The lowest BCUT2D eigenvalue weighted by atomic mass is 9.75. The number of hydrogen-bond acceptors (Lipinski definition) is 5. The van der Waals surface area contributed by atoms with Crippen LogP contribution in [0.15, 0.2) is 84.9 Å². The molecule has 0 bridgehead atoms. The number of amides is 3. The van der Waals surface area contributed by atoms with Crippen LogP contribution < -0.4 is 5.73 Å². The van der Waals surface area contributed by atoms with Gasteiger partial charge in [0.2, 0.25) is 17.7 Å². The molecule has 0 spiro atoms. The van der Waals surface area contributed by atoms with Gasteiger partial charge in [0.1, 0.15) is 12.1 Å². The quantitative estimate of drug-likeness (QED) is 0.266. The van der Waals surface area contributed by atoms with Crippen LogP contribution >= 0.6 is 0 Å². The van der Waals surface area contributed by atoms with E-state index in [1.165, 1.54) is 4.90 Å². The maximum atomic E-state index is 14.7. The number of piperidine rings is 1. The SMILES string of the molecule is CN(C)CC1CCCN(C(=O)[C@@H](Cc2ccccc2)N(C)C(=O)[C@@H](Cc2ccc3ccccc3c2)N(C)C(=O)/C=C/CC2(N)CCC2)C1. The van der Waals surface area contributed by atoms with Crippen LogP contribution in [0.3, 0.4) is 0 Å². The van der Waals surface area contributed by atoms with Gasteiger partial charge in [-0.25, -0.2) is 0 Å². The topological polar surface area (TPSA) is 90.2 Å². The predicted molar refractivity (Wildman–Crippen MR) is 193 cm³/mol. The Bertz CT molecular complexity index is 1580. The molecule has 0 aromatic heterocycles. The van der Waals surface area contributed by atoms with Crippen molar-refractivity contribution >= 4 is 28.5 Å². The summed E-state index contributed by atoms with van der Waals surface area (Å²) in [5, 5.41) is 2.19. The molecular weight excluding hydrogens is 598 g/mol. The van der Waals surface area contributed by atoms with Gasteiger partial charge in [0.05, 0.1) is 0 Å². The number of carbonyl (C=O) groups is 3. The van der Waals surface area contributed by atoms with Gasteiger partial charge in [0, 0.05) is 52.1 Å². The second-order valence-electron chi connectivity index (χ2n) is 14.4. The van der Waals surface area contributed by atoms with E-state index >= 15 is 0 Å². The molecule has 1 saturated heterocycles. The number of hydrogen-bond donors (Lipinski definition) is 1. The maximum absolute atomic E-state index is 14.7. The monoisotopic (exact) mass is 651 g/mol. The number of likely N-dealkylation sites (N-methyl/N-ethyl adjacent to an activating group) is 2. The second kappa shape index (κ2) is 15.9. The molecule has 48 heavy (non-hydrogen) atoms. The van der Waals surface area contributed by atoms with Gasteiger partial charge < -0.3 is 25.3 Å². The molecule has 3 amide bonds. The summed E-state index contributed by atoms with van der Waals surface area (Å²) in [7, 11) is 7.55. The number of likely N-dealkylation sites (tertiary alicyclic amines) is 1. The number of fused-ring (bicyclic) bond motifs is 1. The highest BCUT2D eigenvalue weighted by molar-refractivity contribution is 5.95. The highest BCUT2D eigenvalue weighted by Crippen LogP contribution is 2.32. The summed E-state index contributed by atoms with van der Waals surface area (Å²) in [6.07, 6.45) is 9.81. The van der Waals surface area contributed by atoms with Crippen molar-refractivity contribution in [2.45, 2.75) is 69.0 Å². The summed E-state index contributed by atoms with van der Waals surface area (Å²) >= 11 is 0. The Balaban J connectivity index is 1.43. The van der Waals surface area contributed by atoms with Gasteiger partial charge in [-0.2, -0.15) is 0 Å². The van der Waals surface area contributed by atoms with Crippen LogP contribution in [-0.4, -0.2) is 103 Å². The molecule has 1 aliphatic carbocycles. The van der Waals surface area contributed by atoms with E-state index in [0.717, 1.165) is 60.5 Å². The van der Waals surface area contributed by atoms with Crippen LogP contribution in [0.5, 0.6) is 0 Å². The van der Waals surface area contributed by atoms with E-state index in [0.29, 0.717) is 38.3 Å². The molecule has 1 aliphatic heterocycles. The molecule has 3 atom stereocenters. The van der Waals surface area contributed by atoms with Gasteiger partial charge in [0.15, 0.2) is 0 Å². The standard InChI is InChI=1S/C40H53N5O3/c1-42(2)28-32-15-11-24-45(29-32)39(48)36(26-30-13-6-5-7-14-30)44(4)38(47)35(27-31-19-20-33-16-8-9-17-34(33)25-31)43(3)37(46)18-10-21-40(41)22-12-23-40/h5-10,13-14,16-20,25,32,35-36H,11-12,15,21-24,26-29,41H2,1-4H3/b18-10+/t32?,35-,36-/m1/s1. The molecule has 1 unspecified atom stereocenters.